The number of esters is 1. The highest BCUT2D eigenvalue weighted by atomic mass is 19.4. The third kappa shape index (κ3) is 7.52. The molecule has 3 aromatic heterocycles. The normalized spacial score (nSPS) is 18.0. The number of nitrogens with one attached hydrogen (secondary N) is 2. The van der Waals surface area contributed by atoms with Gasteiger partial charge in [-0.1, -0.05) is 6.92 Å². The van der Waals surface area contributed by atoms with Crippen LogP contribution in [0.15, 0.2) is 6.07 Å². The van der Waals surface area contributed by atoms with Crippen molar-refractivity contribution in [1.29, 1.82) is 0 Å². The first-order valence-corrected chi connectivity index (χ1v) is 14.3. The fourth-order valence-corrected chi connectivity index (χ4v) is 4.62. The van der Waals surface area contributed by atoms with Crippen LogP contribution in [0.25, 0.3) is 22.2 Å². The summed E-state index contributed by atoms with van der Waals surface area (Å²) in [6.45, 7) is 2.32. The second-order valence-corrected chi connectivity index (χ2v) is 11.1. The summed E-state index contributed by atoms with van der Waals surface area (Å²) in [6, 6.07) is -0.0166. The minimum Gasteiger partial charge on any atom is -0.474 e. The molecule has 1 fully saturated rings. The van der Waals surface area contributed by atoms with Crippen molar-refractivity contribution in [3.63, 3.8) is 0 Å². The molecule has 2 atom stereocenters. The fourth-order valence-electron chi connectivity index (χ4n) is 4.62. The monoisotopic (exact) mass is 699 g/mol. The third-order valence-corrected chi connectivity index (χ3v) is 7.45. The zero-order chi connectivity index (χ0) is 35.8. The van der Waals surface area contributed by atoms with Crippen LogP contribution >= 0.6 is 0 Å². The summed E-state index contributed by atoms with van der Waals surface area (Å²) in [5, 5.41) is 5.45. The number of pyridine rings is 2. The Morgan fingerprint density at radius 1 is 1.08 bits per heavy atom. The van der Waals surface area contributed by atoms with E-state index in [1.807, 2.05) is 0 Å². The smallest absolute Gasteiger partial charge is 0.474 e. The van der Waals surface area contributed by atoms with Crippen molar-refractivity contribution >= 4 is 28.5 Å². The third-order valence-electron chi connectivity index (χ3n) is 7.45. The minimum absolute atomic E-state index is 0.113. The molecule has 0 saturated heterocycles. The number of nitrogens with two attached hydrogens (primary N) is 1. The van der Waals surface area contributed by atoms with Crippen LogP contribution in [-0.4, -0.2) is 77.5 Å². The van der Waals surface area contributed by atoms with Gasteiger partial charge >= 0.3 is 24.3 Å². The number of nitrogens with zero attached hydrogens (tertiary/aromatic N) is 4. The zero-order valence-electron chi connectivity index (χ0n) is 25.8. The second kappa shape index (κ2) is 13.3. The lowest BCUT2D eigenvalue weighted by atomic mass is 10.0. The number of halogens is 9. The summed E-state index contributed by atoms with van der Waals surface area (Å²) < 4.78 is 141. The summed E-state index contributed by atoms with van der Waals surface area (Å²) in [6.07, 6.45) is -11.7. The summed E-state index contributed by atoms with van der Waals surface area (Å²) in [5.41, 5.74) is -0.976. The molecule has 3 heterocycles. The van der Waals surface area contributed by atoms with Gasteiger partial charge in [0.05, 0.1) is 17.4 Å². The van der Waals surface area contributed by atoms with E-state index < -0.39 is 95.3 Å². The molecule has 0 aromatic carbocycles. The predicted molar refractivity (Wildman–Crippen MR) is 152 cm³/mol. The van der Waals surface area contributed by atoms with Gasteiger partial charge in [0.2, 0.25) is 5.88 Å². The van der Waals surface area contributed by atoms with Crippen LogP contribution in [-0.2, 0) is 15.7 Å². The first kappa shape index (κ1) is 36.5. The largest absolute Gasteiger partial charge is 0.490 e. The van der Waals surface area contributed by atoms with Crippen molar-refractivity contribution in [3.8, 4) is 23.1 Å². The highest BCUT2D eigenvalue weighted by molar-refractivity contribution is 5.96. The Balaban J connectivity index is 1.90. The van der Waals surface area contributed by atoms with Gasteiger partial charge in [0, 0.05) is 25.1 Å². The Kier molecular flexibility index (Phi) is 10.1. The number of carbonyl (C=O) groups excluding carboxylic acids is 1. The number of hydrogen-bond acceptors (Lipinski definition) is 11. The Morgan fingerprint density at radius 2 is 1.75 bits per heavy atom. The number of carbonyl (C=O) groups is 1. The molecule has 3 aromatic rings. The van der Waals surface area contributed by atoms with Crippen LogP contribution in [0.2, 0.25) is 0 Å². The van der Waals surface area contributed by atoms with E-state index in [-0.39, 0.29) is 29.4 Å². The van der Waals surface area contributed by atoms with Crippen LogP contribution in [0, 0.1) is 18.2 Å². The summed E-state index contributed by atoms with van der Waals surface area (Å²) >= 11 is 0. The number of hydrogen-bond donors (Lipinski definition) is 3. The quantitative estimate of drug-likeness (QED) is 0.119. The lowest BCUT2D eigenvalue weighted by Crippen LogP contribution is -2.32. The lowest BCUT2D eigenvalue weighted by molar-refractivity contribution is -0.202. The van der Waals surface area contributed by atoms with Gasteiger partial charge in [-0.05, 0) is 33.4 Å². The van der Waals surface area contributed by atoms with Crippen LogP contribution < -0.4 is 25.8 Å². The van der Waals surface area contributed by atoms with E-state index in [1.54, 1.807) is 20.9 Å². The molecule has 0 aliphatic heterocycles. The maximum absolute atomic E-state index is 16.4. The van der Waals surface area contributed by atoms with Gasteiger partial charge in [0.15, 0.2) is 5.82 Å². The average molecular weight is 700 g/mol. The number of aromatic nitrogens is 4. The van der Waals surface area contributed by atoms with Crippen molar-refractivity contribution < 1.29 is 58.5 Å². The Bertz CT molecular complexity index is 1690. The van der Waals surface area contributed by atoms with E-state index in [0.29, 0.717) is 13.0 Å². The molecule has 1 aliphatic carbocycles. The lowest BCUT2D eigenvalue weighted by Gasteiger charge is -2.21. The number of ether oxygens (including phenoxy) is 3. The fraction of sp³-hybridized carbons (Fsp3) is 0.536. The molecular weight excluding hydrogens is 669 g/mol. The second-order valence-electron chi connectivity index (χ2n) is 11.1. The predicted octanol–water partition coefficient (Wildman–Crippen LogP) is 5.45. The molecule has 0 radical (unpaired) electrons. The molecule has 48 heavy (non-hydrogen) atoms. The molecule has 0 spiro atoms. The number of likely N-dealkylation sites (N-methyl/N-ethyl adjacent to an activating group) is 1. The summed E-state index contributed by atoms with van der Waals surface area (Å²) in [5.74, 6) is -8.72. The number of rotatable bonds is 13. The molecule has 4 rings (SSSR count). The first-order valence-electron chi connectivity index (χ1n) is 14.3. The van der Waals surface area contributed by atoms with E-state index in [2.05, 4.69) is 35.3 Å². The average Bonchev–Trinajstić information content (AvgIpc) is 3.54. The highest BCUT2D eigenvalue weighted by Gasteiger charge is 2.73. The van der Waals surface area contributed by atoms with Crippen molar-refractivity contribution in [2.45, 2.75) is 58.0 Å². The molecule has 20 heteroatoms. The molecule has 0 bridgehead atoms. The first-order chi connectivity index (χ1) is 22.2. The van der Waals surface area contributed by atoms with Gasteiger partial charge in [-0.15, -0.1) is 0 Å². The van der Waals surface area contributed by atoms with Crippen LogP contribution in [0.4, 0.5) is 51.1 Å². The summed E-state index contributed by atoms with van der Waals surface area (Å²) in [4.78, 5) is 27.0. The number of anilines is 2. The maximum Gasteiger partial charge on any atom is 0.490 e. The Labute approximate surface area is 266 Å². The minimum atomic E-state index is -5.44. The standard InChI is InChI=1S/C28H30F9N7O4/c1-5-12(2)48-22-16-20(18(29)19(42-22)14-8-15(38)41-13(3)17(14)27(32,33)34)43-24(44-21(16)40-7-6-39-4)47-11-25(9-26(25,30)31)10-46-23(45)28(35,36)37/h8,12,39H,5-7,9-11H2,1-4H3,(H2,38,41)(H,40,43,44). The van der Waals surface area contributed by atoms with Crippen LogP contribution in [0.5, 0.6) is 11.9 Å². The molecule has 1 saturated carbocycles. The van der Waals surface area contributed by atoms with E-state index in [1.165, 1.54) is 0 Å². The molecular formula is C28H30F9N7O4. The molecule has 4 N–H and O–H groups in total. The van der Waals surface area contributed by atoms with Gasteiger partial charge in [0.25, 0.3) is 5.92 Å². The zero-order valence-corrected chi connectivity index (χ0v) is 25.8. The molecule has 11 nitrogen and oxygen atoms in total. The van der Waals surface area contributed by atoms with Crippen molar-refractivity contribution in [3.05, 3.63) is 23.1 Å². The molecule has 1 aliphatic rings. The van der Waals surface area contributed by atoms with E-state index in [0.717, 1.165) is 13.0 Å². The van der Waals surface area contributed by atoms with Crippen molar-refractivity contribution in [2.24, 2.45) is 5.41 Å². The van der Waals surface area contributed by atoms with E-state index in [9.17, 15) is 39.9 Å². The van der Waals surface area contributed by atoms with Crippen molar-refractivity contribution in [1.82, 2.24) is 25.3 Å². The van der Waals surface area contributed by atoms with E-state index in [4.69, 9.17) is 15.2 Å². The Hall–Kier alpha value is -4.36. The number of alkyl halides is 8. The molecule has 0 amide bonds. The molecule has 2 unspecified atom stereocenters. The van der Waals surface area contributed by atoms with Gasteiger partial charge in [-0.2, -0.15) is 36.3 Å². The van der Waals surface area contributed by atoms with Gasteiger partial charge < -0.3 is 30.6 Å². The number of fused-ring (bicyclic) bond motifs is 1. The highest BCUT2D eigenvalue weighted by Crippen LogP contribution is 2.60. The SMILES string of the molecule is CCC(C)Oc1nc(-c2cc(N)nc(C)c2C(F)(F)F)c(F)c2nc(OCC3(COC(=O)C(F)(F)F)CC3(F)F)nc(NCCNC)c12. The van der Waals surface area contributed by atoms with Crippen LogP contribution in [0.1, 0.15) is 37.9 Å². The summed E-state index contributed by atoms with van der Waals surface area (Å²) in [7, 11) is 1.61. The topological polar surface area (TPSA) is 146 Å². The number of nitrogen functional groups attached to an aromatic ring is 1. The van der Waals surface area contributed by atoms with Gasteiger partial charge in [0.1, 0.15) is 46.9 Å². The Morgan fingerprint density at radius 3 is 2.31 bits per heavy atom. The molecule has 264 valence electrons. The maximum atomic E-state index is 16.4. The van der Waals surface area contributed by atoms with Gasteiger partial charge in [-0.25, -0.2) is 27.9 Å². The van der Waals surface area contributed by atoms with E-state index >= 15 is 4.39 Å². The van der Waals surface area contributed by atoms with Crippen LogP contribution in [0.3, 0.4) is 0 Å². The van der Waals surface area contributed by atoms with Crippen molar-refractivity contribution in [2.75, 3.05) is 44.4 Å². The number of aryl methyl sites for hydroxylation is 1. The van der Waals surface area contributed by atoms with Gasteiger partial charge in [-0.3, -0.25) is 0 Å².